The normalized spacial score (nSPS) is 10.3. The SMILES string of the molecule is C=C(Cl)CNCCn1ccnc1C. The molecule has 1 aromatic heterocycles. The highest BCUT2D eigenvalue weighted by Gasteiger charge is 1.95. The highest BCUT2D eigenvalue weighted by Crippen LogP contribution is 1.94. The van der Waals surface area contributed by atoms with Gasteiger partial charge in [0.25, 0.3) is 0 Å². The maximum atomic E-state index is 5.59. The van der Waals surface area contributed by atoms with Gasteiger partial charge < -0.3 is 9.88 Å². The molecule has 3 nitrogen and oxygen atoms in total. The van der Waals surface area contributed by atoms with Crippen LogP contribution in [0, 0.1) is 6.92 Å². The summed E-state index contributed by atoms with van der Waals surface area (Å²) in [4.78, 5) is 4.12. The van der Waals surface area contributed by atoms with Gasteiger partial charge in [0.15, 0.2) is 0 Å². The largest absolute Gasteiger partial charge is 0.334 e. The highest BCUT2D eigenvalue weighted by atomic mass is 35.5. The van der Waals surface area contributed by atoms with Crippen LogP contribution in [-0.2, 0) is 6.54 Å². The third-order valence-corrected chi connectivity index (χ3v) is 1.90. The molecule has 0 aliphatic rings. The van der Waals surface area contributed by atoms with Gasteiger partial charge >= 0.3 is 0 Å². The molecule has 4 heteroatoms. The Balaban J connectivity index is 2.20. The fourth-order valence-corrected chi connectivity index (χ4v) is 1.16. The predicted molar refractivity (Wildman–Crippen MR) is 54.8 cm³/mol. The van der Waals surface area contributed by atoms with Crippen LogP contribution in [-0.4, -0.2) is 22.6 Å². The molecule has 0 saturated heterocycles. The first kappa shape index (κ1) is 10.3. The van der Waals surface area contributed by atoms with Crippen molar-refractivity contribution in [2.45, 2.75) is 13.5 Å². The number of halogens is 1. The zero-order chi connectivity index (χ0) is 9.68. The topological polar surface area (TPSA) is 29.9 Å². The van der Waals surface area contributed by atoms with Gasteiger partial charge in [-0.1, -0.05) is 18.2 Å². The first-order chi connectivity index (χ1) is 6.20. The van der Waals surface area contributed by atoms with Crippen LogP contribution in [0.2, 0.25) is 0 Å². The molecule has 0 saturated carbocycles. The fourth-order valence-electron chi connectivity index (χ4n) is 1.06. The van der Waals surface area contributed by atoms with Gasteiger partial charge in [0.05, 0.1) is 0 Å². The van der Waals surface area contributed by atoms with Crippen LogP contribution in [0.3, 0.4) is 0 Å². The van der Waals surface area contributed by atoms with Crippen LogP contribution < -0.4 is 5.32 Å². The van der Waals surface area contributed by atoms with Gasteiger partial charge in [0, 0.05) is 37.1 Å². The lowest BCUT2D eigenvalue weighted by Gasteiger charge is -2.05. The lowest BCUT2D eigenvalue weighted by Crippen LogP contribution is -2.21. The molecular formula is C9H14ClN3. The van der Waals surface area contributed by atoms with Crippen LogP contribution in [0.1, 0.15) is 5.82 Å². The molecule has 0 bridgehead atoms. The van der Waals surface area contributed by atoms with Crippen LogP contribution in [0.4, 0.5) is 0 Å². The van der Waals surface area contributed by atoms with Gasteiger partial charge in [-0.2, -0.15) is 0 Å². The zero-order valence-corrected chi connectivity index (χ0v) is 8.51. The fraction of sp³-hybridized carbons (Fsp3) is 0.444. The van der Waals surface area contributed by atoms with Crippen LogP contribution >= 0.6 is 11.6 Å². The van der Waals surface area contributed by atoms with Crippen molar-refractivity contribution in [3.8, 4) is 0 Å². The molecule has 0 amide bonds. The summed E-state index contributed by atoms with van der Waals surface area (Å²) in [6.45, 7) is 8.03. The minimum atomic E-state index is 0.641. The molecule has 0 radical (unpaired) electrons. The standard InChI is InChI=1S/C9H14ClN3/c1-8(10)7-11-3-5-13-6-4-12-9(13)2/h4,6,11H,1,3,5,7H2,2H3. The van der Waals surface area contributed by atoms with Crippen molar-refractivity contribution in [2.24, 2.45) is 0 Å². The molecular weight excluding hydrogens is 186 g/mol. The van der Waals surface area contributed by atoms with E-state index in [1.165, 1.54) is 0 Å². The smallest absolute Gasteiger partial charge is 0.105 e. The van der Waals surface area contributed by atoms with E-state index in [4.69, 9.17) is 11.6 Å². The number of hydrogen-bond donors (Lipinski definition) is 1. The van der Waals surface area contributed by atoms with Crippen LogP contribution in [0.15, 0.2) is 24.0 Å². The second-order valence-electron chi connectivity index (χ2n) is 2.86. The van der Waals surface area contributed by atoms with E-state index in [0.717, 1.165) is 18.9 Å². The van der Waals surface area contributed by atoms with E-state index in [9.17, 15) is 0 Å². The van der Waals surface area contributed by atoms with Gasteiger partial charge in [-0.3, -0.25) is 0 Å². The van der Waals surface area contributed by atoms with Crippen molar-refractivity contribution in [3.63, 3.8) is 0 Å². The molecule has 0 aliphatic carbocycles. The third kappa shape index (κ3) is 3.61. The Kier molecular flexibility index (Phi) is 3.99. The van der Waals surface area contributed by atoms with E-state index in [0.29, 0.717) is 11.6 Å². The van der Waals surface area contributed by atoms with Crippen molar-refractivity contribution < 1.29 is 0 Å². The monoisotopic (exact) mass is 199 g/mol. The average Bonchev–Trinajstić information content (AvgIpc) is 2.45. The Hall–Kier alpha value is -0.800. The van der Waals surface area contributed by atoms with E-state index >= 15 is 0 Å². The number of rotatable bonds is 5. The van der Waals surface area contributed by atoms with Gasteiger partial charge in [-0.05, 0) is 6.92 Å². The minimum absolute atomic E-state index is 0.641. The molecule has 0 atom stereocenters. The first-order valence-electron chi connectivity index (χ1n) is 4.22. The summed E-state index contributed by atoms with van der Waals surface area (Å²) in [5.41, 5.74) is 0. The predicted octanol–water partition coefficient (Wildman–Crippen LogP) is 1.53. The number of aromatic nitrogens is 2. The zero-order valence-electron chi connectivity index (χ0n) is 7.76. The van der Waals surface area contributed by atoms with Crippen molar-refractivity contribution >= 4 is 11.6 Å². The quantitative estimate of drug-likeness (QED) is 0.730. The summed E-state index contributed by atoms with van der Waals surface area (Å²) >= 11 is 5.59. The molecule has 1 heterocycles. The van der Waals surface area contributed by atoms with Gasteiger partial charge in [0.2, 0.25) is 0 Å². The third-order valence-electron chi connectivity index (χ3n) is 1.77. The summed E-state index contributed by atoms with van der Waals surface area (Å²) in [6.07, 6.45) is 3.77. The van der Waals surface area contributed by atoms with Crippen molar-refractivity contribution in [2.75, 3.05) is 13.1 Å². The van der Waals surface area contributed by atoms with Gasteiger partial charge in [-0.15, -0.1) is 0 Å². The number of imidazole rings is 1. The maximum absolute atomic E-state index is 5.59. The molecule has 0 spiro atoms. The summed E-state index contributed by atoms with van der Waals surface area (Å²) in [5, 5.41) is 3.81. The number of aryl methyl sites for hydroxylation is 1. The lowest BCUT2D eigenvalue weighted by molar-refractivity contribution is 0.611. The summed E-state index contributed by atoms with van der Waals surface area (Å²) in [6, 6.07) is 0. The van der Waals surface area contributed by atoms with Crippen LogP contribution in [0.25, 0.3) is 0 Å². The van der Waals surface area contributed by atoms with E-state index < -0.39 is 0 Å². The summed E-state index contributed by atoms with van der Waals surface area (Å²) in [7, 11) is 0. The van der Waals surface area contributed by atoms with Gasteiger partial charge in [-0.25, -0.2) is 4.98 Å². The second-order valence-corrected chi connectivity index (χ2v) is 3.40. The Morgan fingerprint density at radius 2 is 2.54 bits per heavy atom. The first-order valence-corrected chi connectivity index (χ1v) is 4.59. The Bertz CT molecular complexity index is 280. The lowest BCUT2D eigenvalue weighted by atomic mass is 10.5. The Labute approximate surface area is 83.4 Å². The van der Waals surface area contributed by atoms with Crippen molar-refractivity contribution in [1.29, 1.82) is 0 Å². The van der Waals surface area contributed by atoms with Crippen LogP contribution in [0.5, 0.6) is 0 Å². The molecule has 1 aromatic rings. The molecule has 72 valence electrons. The van der Waals surface area contributed by atoms with Crippen molar-refractivity contribution in [3.05, 3.63) is 29.8 Å². The van der Waals surface area contributed by atoms with E-state index in [1.807, 2.05) is 13.1 Å². The maximum Gasteiger partial charge on any atom is 0.105 e. The van der Waals surface area contributed by atoms with E-state index in [-0.39, 0.29) is 0 Å². The highest BCUT2D eigenvalue weighted by molar-refractivity contribution is 6.29. The van der Waals surface area contributed by atoms with Gasteiger partial charge in [0.1, 0.15) is 5.82 Å². The summed E-state index contributed by atoms with van der Waals surface area (Å²) < 4.78 is 2.09. The molecule has 1 N–H and O–H groups in total. The van der Waals surface area contributed by atoms with E-state index in [1.54, 1.807) is 6.20 Å². The van der Waals surface area contributed by atoms with Crippen molar-refractivity contribution in [1.82, 2.24) is 14.9 Å². The Morgan fingerprint density at radius 1 is 1.77 bits per heavy atom. The summed E-state index contributed by atoms with van der Waals surface area (Å²) in [5.74, 6) is 1.03. The molecule has 0 fully saturated rings. The number of nitrogens with zero attached hydrogens (tertiary/aromatic N) is 2. The average molecular weight is 200 g/mol. The Morgan fingerprint density at radius 3 is 3.08 bits per heavy atom. The molecule has 0 unspecified atom stereocenters. The van der Waals surface area contributed by atoms with E-state index in [2.05, 4.69) is 21.4 Å². The molecule has 0 aromatic carbocycles. The second kappa shape index (κ2) is 5.04. The molecule has 0 aliphatic heterocycles. The molecule has 1 rings (SSSR count). The number of nitrogens with one attached hydrogen (secondary N) is 1. The minimum Gasteiger partial charge on any atom is -0.334 e. The molecule has 13 heavy (non-hydrogen) atoms. The number of hydrogen-bond acceptors (Lipinski definition) is 2.